The first kappa shape index (κ1) is 13.8. The van der Waals surface area contributed by atoms with Crippen LogP contribution in [0.25, 0.3) is 0 Å². The Hall–Kier alpha value is -1.13. The third kappa shape index (κ3) is 2.67. The molecule has 0 aromatic carbocycles. The molecule has 0 unspecified atom stereocenters. The molecule has 1 N–H and O–H groups in total. The van der Waals surface area contributed by atoms with Crippen molar-refractivity contribution in [3.05, 3.63) is 37.9 Å². The van der Waals surface area contributed by atoms with Crippen LogP contribution in [0.5, 0.6) is 0 Å². The average molecular weight is 308 g/mol. The molecule has 20 heavy (non-hydrogen) atoms. The molecule has 3 nitrogen and oxygen atoms in total. The van der Waals surface area contributed by atoms with Crippen LogP contribution in [0.1, 0.15) is 40.1 Å². The predicted octanol–water partition coefficient (Wildman–Crippen LogP) is 4.16. The van der Waals surface area contributed by atoms with Gasteiger partial charge in [-0.25, -0.2) is 9.97 Å². The Bertz CT molecular complexity index is 615. The largest absolute Gasteiger partial charge is 0.365 e. The molecule has 0 amide bonds. The molecule has 0 saturated heterocycles. The van der Waals surface area contributed by atoms with E-state index in [0.717, 1.165) is 30.2 Å². The van der Waals surface area contributed by atoms with Gasteiger partial charge in [-0.1, -0.05) is 18.5 Å². The third-order valence-corrected chi connectivity index (χ3v) is 5.28. The second-order valence-electron chi connectivity index (χ2n) is 5.13. The number of hydrogen-bond acceptors (Lipinski definition) is 4. The van der Waals surface area contributed by atoms with E-state index in [4.69, 9.17) is 11.6 Å². The van der Waals surface area contributed by atoms with Gasteiger partial charge in [0.05, 0.1) is 6.54 Å². The first-order valence-corrected chi connectivity index (χ1v) is 8.24. The maximum Gasteiger partial charge on any atom is 0.137 e. The molecule has 0 fully saturated rings. The van der Waals surface area contributed by atoms with E-state index in [1.165, 1.54) is 24.1 Å². The molecule has 1 aliphatic rings. The van der Waals surface area contributed by atoms with Gasteiger partial charge in [-0.2, -0.15) is 0 Å². The summed E-state index contributed by atoms with van der Waals surface area (Å²) in [4.78, 5) is 11.7. The van der Waals surface area contributed by atoms with Crippen molar-refractivity contribution in [3.8, 4) is 0 Å². The monoisotopic (exact) mass is 307 g/mol. The lowest BCUT2D eigenvalue weighted by Crippen LogP contribution is -2.06. The molecule has 2 aromatic rings. The molecule has 5 heteroatoms. The van der Waals surface area contributed by atoms with Crippen molar-refractivity contribution >= 4 is 28.8 Å². The van der Waals surface area contributed by atoms with E-state index < -0.39 is 0 Å². The summed E-state index contributed by atoms with van der Waals surface area (Å²) >= 11 is 8.07. The molecule has 3 rings (SSSR count). The Morgan fingerprint density at radius 2 is 2.20 bits per heavy atom. The zero-order valence-electron chi connectivity index (χ0n) is 11.8. The molecule has 1 aliphatic carbocycles. The van der Waals surface area contributed by atoms with Gasteiger partial charge in [0.25, 0.3) is 0 Å². The van der Waals surface area contributed by atoms with Crippen molar-refractivity contribution in [1.29, 1.82) is 0 Å². The van der Waals surface area contributed by atoms with E-state index >= 15 is 0 Å². The number of rotatable bonds is 4. The minimum Gasteiger partial charge on any atom is -0.365 e. The highest BCUT2D eigenvalue weighted by Gasteiger charge is 2.15. The summed E-state index contributed by atoms with van der Waals surface area (Å²) in [5.41, 5.74) is 2.46. The molecule has 0 aliphatic heterocycles. The van der Waals surface area contributed by atoms with Crippen LogP contribution in [0.4, 0.5) is 5.82 Å². The predicted molar refractivity (Wildman–Crippen MR) is 84.8 cm³/mol. The van der Waals surface area contributed by atoms with E-state index in [2.05, 4.69) is 21.4 Å². The van der Waals surface area contributed by atoms with Crippen LogP contribution in [0.15, 0.2) is 6.07 Å². The molecule has 0 bridgehead atoms. The second-order valence-corrected chi connectivity index (χ2v) is 6.71. The lowest BCUT2D eigenvalue weighted by Gasteiger charge is -2.10. The van der Waals surface area contributed by atoms with E-state index in [0.29, 0.717) is 5.15 Å². The van der Waals surface area contributed by atoms with Crippen LogP contribution in [-0.4, -0.2) is 9.97 Å². The maximum absolute atomic E-state index is 6.15. The van der Waals surface area contributed by atoms with Gasteiger partial charge >= 0.3 is 0 Å². The number of halogens is 1. The SMILES string of the molecule is CCc1nc(Cl)c(C)c(NCc2cc3c(s2)CCC3)n1. The van der Waals surface area contributed by atoms with Gasteiger partial charge in [0.2, 0.25) is 0 Å². The minimum absolute atomic E-state index is 0.549. The van der Waals surface area contributed by atoms with Gasteiger partial charge in [-0.05, 0) is 37.8 Å². The molecule has 0 radical (unpaired) electrons. The fraction of sp³-hybridized carbons (Fsp3) is 0.467. The van der Waals surface area contributed by atoms with E-state index in [-0.39, 0.29) is 0 Å². The second kappa shape index (κ2) is 5.70. The van der Waals surface area contributed by atoms with Crippen LogP contribution < -0.4 is 5.32 Å². The third-order valence-electron chi connectivity index (χ3n) is 3.68. The van der Waals surface area contributed by atoms with Crippen LogP contribution in [-0.2, 0) is 25.8 Å². The number of fused-ring (bicyclic) bond motifs is 1. The zero-order chi connectivity index (χ0) is 14.1. The van der Waals surface area contributed by atoms with E-state index in [9.17, 15) is 0 Å². The zero-order valence-corrected chi connectivity index (χ0v) is 13.4. The fourth-order valence-corrected chi connectivity index (χ4v) is 3.90. The molecule has 0 spiro atoms. The van der Waals surface area contributed by atoms with Gasteiger partial charge in [0.15, 0.2) is 0 Å². The highest BCUT2D eigenvalue weighted by Crippen LogP contribution is 2.31. The highest BCUT2D eigenvalue weighted by atomic mass is 35.5. The topological polar surface area (TPSA) is 37.8 Å². The van der Waals surface area contributed by atoms with Crippen molar-refractivity contribution in [2.45, 2.75) is 46.1 Å². The van der Waals surface area contributed by atoms with Crippen molar-refractivity contribution < 1.29 is 0 Å². The Labute approximate surface area is 128 Å². The fourth-order valence-electron chi connectivity index (χ4n) is 2.51. The van der Waals surface area contributed by atoms with Crippen LogP contribution in [0, 0.1) is 6.92 Å². The Morgan fingerprint density at radius 3 is 2.95 bits per heavy atom. The molecular formula is C15H18ClN3S. The van der Waals surface area contributed by atoms with Crippen molar-refractivity contribution in [2.75, 3.05) is 5.32 Å². The number of nitrogens with zero attached hydrogens (tertiary/aromatic N) is 2. The summed E-state index contributed by atoms with van der Waals surface area (Å²) in [6.45, 7) is 4.81. The first-order valence-electron chi connectivity index (χ1n) is 7.04. The molecule has 2 heterocycles. The molecular weight excluding hydrogens is 290 g/mol. The number of nitrogens with one attached hydrogen (secondary N) is 1. The van der Waals surface area contributed by atoms with Crippen LogP contribution in [0.2, 0.25) is 5.15 Å². The van der Waals surface area contributed by atoms with Crippen LogP contribution >= 0.6 is 22.9 Å². The van der Waals surface area contributed by atoms with Gasteiger partial charge in [-0.15, -0.1) is 11.3 Å². The lowest BCUT2D eigenvalue weighted by atomic mass is 10.2. The highest BCUT2D eigenvalue weighted by molar-refractivity contribution is 7.12. The number of anilines is 1. The lowest BCUT2D eigenvalue weighted by molar-refractivity contribution is 0.911. The van der Waals surface area contributed by atoms with Gasteiger partial charge in [0.1, 0.15) is 16.8 Å². The summed E-state index contributed by atoms with van der Waals surface area (Å²) in [7, 11) is 0. The summed E-state index contributed by atoms with van der Waals surface area (Å²) in [5.74, 6) is 1.65. The summed E-state index contributed by atoms with van der Waals surface area (Å²) in [6.07, 6.45) is 4.60. The summed E-state index contributed by atoms with van der Waals surface area (Å²) < 4.78 is 0. The van der Waals surface area contributed by atoms with Crippen molar-refractivity contribution in [3.63, 3.8) is 0 Å². The first-order chi connectivity index (χ1) is 9.67. The smallest absolute Gasteiger partial charge is 0.137 e. The number of thiophene rings is 1. The number of aromatic nitrogens is 2. The Kier molecular flexibility index (Phi) is 3.94. The van der Waals surface area contributed by atoms with Gasteiger partial charge in [-0.3, -0.25) is 0 Å². The Balaban J connectivity index is 1.75. The standard InChI is InChI=1S/C15H18ClN3S/c1-3-13-18-14(16)9(2)15(19-13)17-8-11-7-10-5-4-6-12(10)20-11/h7H,3-6,8H2,1-2H3,(H,17,18,19). The normalized spacial score (nSPS) is 13.6. The molecule has 2 aromatic heterocycles. The molecule has 0 saturated carbocycles. The molecule has 106 valence electrons. The quantitative estimate of drug-likeness (QED) is 0.862. The summed E-state index contributed by atoms with van der Waals surface area (Å²) in [6, 6.07) is 2.33. The maximum atomic E-state index is 6.15. The number of hydrogen-bond donors (Lipinski definition) is 1. The van der Waals surface area contributed by atoms with Gasteiger partial charge in [0, 0.05) is 21.7 Å². The van der Waals surface area contributed by atoms with E-state index in [1.54, 1.807) is 10.4 Å². The van der Waals surface area contributed by atoms with Crippen LogP contribution in [0.3, 0.4) is 0 Å². The van der Waals surface area contributed by atoms with Crippen molar-refractivity contribution in [1.82, 2.24) is 9.97 Å². The Morgan fingerprint density at radius 1 is 1.35 bits per heavy atom. The van der Waals surface area contributed by atoms with Crippen molar-refractivity contribution in [2.24, 2.45) is 0 Å². The summed E-state index contributed by atoms with van der Waals surface area (Å²) in [5, 5.41) is 3.96. The number of aryl methyl sites for hydroxylation is 3. The van der Waals surface area contributed by atoms with E-state index in [1.807, 2.05) is 25.2 Å². The minimum atomic E-state index is 0.549. The average Bonchev–Trinajstić information content (AvgIpc) is 3.01. The molecule has 0 atom stereocenters. The van der Waals surface area contributed by atoms with Gasteiger partial charge < -0.3 is 5.32 Å².